The molecule has 1 aliphatic heterocycles. The van der Waals surface area contributed by atoms with E-state index in [9.17, 15) is 13.6 Å². The van der Waals surface area contributed by atoms with Gasteiger partial charge in [-0.3, -0.25) is 0 Å². The number of hydrogen-bond acceptors (Lipinski definition) is 4. The molecular weight excluding hydrogens is 435 g/mol. The highest BCUT2D eigenvalue weighted by Crippen LogP contribution is 2.51. The number of likely N-dealkylation sites (tertiary alicyclic amines) is 1. The number of urea groups is 1. The summed E-state index contributed by atoms with van der Waals surface area (Å²) in [5.41, 5.74) is 0.383. The van der Waals surface area contributed by atoms with Crippen LogP contribution in [-0.4, -0.2) is 50.8 Å². The lowest BCUT2D eigenvalue weighted by molar-refractivity contribution is 0.152. The van der Waals surface area contributed by atoms with E-state index in [1.165, 1.54) is 20.3 Å². The van der Waals surface area contributed by atoms with Gasteiger partial charge in [-0.1, -0.05) is 6.07 Å². The molecule has 3 unspecified atom stereocenters. The Hall–Kier alpha value is -2.94. The fourth-order valence-electron chi connectivity index (χ4n) is 5.42. The summed E-state index contributed by atoms with van der Waals surface area (Å²) in [5, 5.41) is 5.47. The molecule has 0 radical (unpaired) electrons. The van der Waals surface area contributed by atoms with E-state index < -0.39 is 28.9 Å². The van der Waals surface area contributed by atoms with Crippen LogP contribution in [0.3, 0.4) is 0 Å². The van der Waals surface area contributed by atoms with Gasteiger partial charge in [0.25, 0.3) is 0 Å². The quantitative estimate of drug-likeness (QED) is 0.689. The van der Waals surface area contributed by atoms with Crippen LogP contribution in [0, 0.1) is 17.5 Å². The number of amides is 2. The van der Waals surface area contributed by atoms with Crippen LogP contribution in [0.5, 0.6) is 11.5 Å². The molecular formula is C24H28F3N3O3. The van der Waals surface area contributed by atoms with Gasteiger partial charge in [-0.25, -0.2) is 18.0 Å². The van der Waals surface area contributed by atoms with Crippen molar-refractivity contribution in [3.8, 4) is 11.5 Å². The summed E-state index contributed by atoms with van der Waals surface area (Å²) in [6.07, 6.45) is 2.78. The van der Waals surface area contributed by atoms with Gasteiger partial charge >= 0.3 is 6.03 Å². The van der Waals surface area contributed by atoms with Crippen LogP contribution < -0.4 is 20.1 Å². The van der Waals surface area contributed by atoms with Crippen molar-refractivity contribution >= 4 is 11.7 Å². The van der Waals surface area contributed by atoms with Crippen LogP contribution in [0.15, 0.2) is 30.3 Å². The lowest BCUT2D eigenvalue weighted by Crippen LogP contribution is -2.52. The zero-order valence-electron chi connectivity index (χ0n) is 18.9. The average molecular weight is 464 g/mol. The van der Waals surface area contributed by atoms with E-state index >= 15 is 4.39 Å². The topological polar surface area (TPSA) is 62.8 Å². The Labute approximate surface area is 191 Å². The molecule has 2 aromatic rings. The van der Waals surface area contributed by atoms with Crippen molar-refractivity contribution in [3.05, 3.63) is 53.3 Å². The molecule has 2 amide bonds. The molecule has 1 saturated heterocycles. The predicted octanol–water partition coefficient (Wildman–Crippen LogP) is 4.44. The van der Waals surface area contributed by atoms with Gasteiger partial charge < -0.3 is 25.0 Å². The van der Waals surface area contributed by atoms with Gasteiger partial charge in [0.2, 0.25) is 0 Å². The van der Waals surface area contributed by atoms with Crippen LogP contribution in [0.4, 0.5) is 23.7 Å². The zero-order chi connectivity index (χ0) is 23.8. The van der Waals surface area contributed by atoms with Gasteiger partial charge in [0.1, 0.15) is 0 Å². The maximum atomic E-state index is 15.5. The van der Waals surface area contributed by atoms with Gasteiger partial charge in [0.05, 0.1) is 14.2 Å². The molecule has 6 nitrogen and oxygen atoms in total. The van der Waals surface area contributed by atoms with E-state index in [-0.39, 0.29) is 23.5 Å². The van der Waals surface area contributed by atoms with Gasteiger partial charge in [-0.15, -0.1) is 0 Å². The Morgan fingerprint density at radius 1 is 1.09 bits per heavy atom. The smallest absolute Gasteiger partial charge is 0.319 e. The minimum atomic E-state index is -1.03. The number of halogens is 3. The number of benzene rings is 2. The fourth-order valence-corrected chi connectivity index (χ4v) is 5.42. The van der Waals surface area contributed by atoms with Crippen LogP contribution >= 0.6 is 0 Å². The largest absolute Gasteiger partial charge is 0.493 e. The molecule has 2 fully saturated rings. The number of methoxy groups -OCH3 is 2. The number of likely N-dealkylation sites (N-methyl/N-ethyl adjacent to an activating group) is 1. The Kier molecular flexibility index (Phi) is 6.43. The maximum absolute atomic E-state index is 15.5. The minimum absolute atomic E-state index is 0.0208. The number of rotatable bonds is 5. The van der Waals surface area contributed by atoms with Crippen molar-refractivity contribution < 1.29 is 27.4 Å². The summed E-state index contributed by atoms with van der Waals surface area (Å²) >= 11 is 0. The van der Waals surface area contributed by atoms with E-state index in [1.54, 1.807) is 12.1 Å². The molecule has 3 atom stereocenters. The predicted molar refractivity (Wildman–Crippen MR) is 118 cm³/mol. The monoisotopic (exact) mass is 463 g/mol. The molecule has 1 aliphatic carbocycles. The number of carbonyl (C=O) groups is 1. The number of nitrogens with one attached hydrogen (secondary N) is 2. The molecule has 0 bridgehead atoms. The number of ether oxygens (including phenoxy) is 2. The fraction of sp³-hybridized carbons (Fsp3) is 0.458. The number of nitrogens with zero attached hydrogens (tertiary/aromatic N) is 1. The van der Waals surface area contributed by atoms with E-state index in [1.807, 2.05) is 7.05 Å². The number of anilines is 1. The van der Waals surface area contributed by atoms with Crippen LogP contribution in [0.1, 0.15) is 31.2 Å². The summed E-state index contributed by atoms with van der Waals surface area (Å²) in [7, 11) is 4.91. The third kappa shape index (κ3) is 4.21. The van der Waals surface area contributed by atoms with Crippen LogP contribution in [0.2, 0.25) is 0 Å². The van der Waals surface area contributed by atoms with E-state index in [0.717, 1.165) is 25.1 Å². The number of fused-ring (bicyclic) bond motifs is 1. The van der Waals surface area contributed by atoms with Crippen LogP contribution in [-0.2, 0) is 5.41 Å². The molecule has 1 heterocycles. The number of carbonyl (C=O) groups excluding carboxylic acids is 1. The second kappa shape index (κ2) is 9.13. The van der Waals surface area contributed by atoms with Crippen molar-refractivity contribution in [1.29, 1.82) is 0 Å². The molecule has 0 aromatic heterocycles. The molecule has 1 saturated carbocycles. The molecule has 178 valence electrons. The first-order valence-electron chi connectivity index (χ1n) is 10.9. The molecule has 2 aliphatic rings. The van der Waals surface area contributed by atoms with Gasteiger partial charge in [0, 0.05) is 29.3 Å². The Bertz CT molecular complexity index is 1050. The maximum Gasteiger partial charge on any atom is 0.319 e. The van der Waals surface area contributed by atoms with Crippen LogP contribution in [0.25, 0.3) is 0 Å². The first kappa shape index (κ1) is 23.2. The number of hydrogen-bond donors (Lipinski definition) is 2. The second-order valence-corrected chi connectivity index (χ2v) is 8.76. The van der Waals surface area contributed by atoms with Crippen molar-refractivity contribution in [3.63, 3.8) is 0 Å². The SMILES string of the molecule is COc1ccc(C23CCC(NC(=O)Nc4ccc(F)c(F)c4)CC2N(C)CC3)c(F)c1OC. The molecule has 2 aromatic carbocycles. The highest BCUT2D eigenvalue weighted by molar-refractivity contribution is 5.89. The zero-order valence-corrected chi connectivity index (χ0v) is 18.9. The summed E-state index contributed by atoms with van der Waals surface area (Å²) in [6, 6.07) is 6.11. The highest BCUT2D eigenvalue weighted by atomic mass is 19.2. The Morgan fingerprint density at radius 2 is 1.88 bits per heavy atom. The Balaban J connectivity index is 1.51. The van der Waals surface area contributed by atoms with Crippen molar-refractivity contribution in [2.75, 3.05) is 33.1 Å². The molecule has 9 heteroatoms. The van der Waals surface area contributed by atoms with Crippen molar-refractivity contribution in [1.82, 2.24) is 10.2 Å². The lowest BCUT2D eigenvalue weighted by Gasteiger charge is -2.45. The van der Waals surface area contributed by atoms with Crippen molar-refractivity contribution in [2.24, 2.45) is 0 Å². The summed E-state index contributed by atoms with van der Waals surface area (Å²) < 4.78 is 52.6. The average Bonchev–Trinajstić information content (AvgIpc) is 3.12. The molecule has 4 rings (SSSR count). The first-order valence-corrected chi connectivity index (χ1v) is 10.9. The van der Waals surface area contributed by atoms with Gasteiger partial charge in [-0.05, 0) is 63.0 Å². The molecule has 0 spiro atoms. The summed E-state index contributed by atoms with van der Waals surface area (Å²) in [5.74, 6) is -1.96. The Morgan fingerprint density at radius 3 is 2.58 bits per heavy atom. The summed E-state index contributed by atoms with van der Waals surface area (Å²) in [6.45, 7) is 0.812. The normalized spacial score (nSPS) is 24.8. The third-order valence-electron chi connectivity index (χ3n) is 7.06. The first-order chi connectivity index (χ1) is 15.8. The van der Waals surface area contributed by atoms with E-state index in [2.05, 4.69) is 15.5 Å². The second-order valence-electron chi connectivity index (χ2n) is 8.76. The minimum Gasteiger partial charge on any atom is -0.493 e. The van der Waals surface area contributed by atoms with E-state index in [4.69, 9.17) is 9.47 Å². The highest BCUT2D eigenvalue weighted by Gasteiger charge is 2.52. The van der Waals surface area contributed by atoms with Gasteiger partial charge in [-0.2, -0.15) is 0 Å². The third-order valence-corrected chi connectivity index (χ3v) is 7.06. The van der Waals surface area contributed by atoms with E-state index in [0.29, 0.717) is 30.6 Å². The molecule has 2 N–H and O–H groups in total. The summed E-state index contributed by atoms with van der Waals surface area (Å²) in [4.78, 5) is 14.7. The van der Waals surface area contributed by atoms with Gasteiger partial charge in [0.15, 0.2) is 29.0 Å². The van der Waals surface area contributed by atoms with Crippen molar-refractivity contribution in [2.45, 2.75) is 43.2 Å². The molecule has 33 heavy (non-hydrogen) atoms. The lowest BCUT2D eigenvalue weighted by atomic mass is 9.65. The standard InChI is InChI=1S/C24H28F3N3O3/c1-30-11-10-24(16-5-7-19(32-2)22(33-3)21(16)27)9-8-15(13-20(24)30)29-23(31)28-14-4-6-17(25)18(26)12-14/h4-7,12,15,20H,8-11,13H2,1-3H3,(H2,28,29,31).